The van der Waals surface area contributed by atoms with E-state index in [0.717, 1.165) is 22.4 Å². The quantitative estimate of drug-likeness (QED) is 0.899. The number of aromatic nitrogens is 2. The lowest BCUT2D eigenvalue weighted by atomic mass is 10.1. The van der Waals surface area contributed by atoms with Crippen LogP contribution in [0.4, 0.5) is 0 Å². The maximum Gasteiger partial charge on any atom is 0.122 e. The Labute approximate surface area is 107 Å². The van der Waals surface area contributed by atoms with Crippen molar-refractivity contribution in [3.63, 3.8) is 0 Å². The van der Waals surface area contributed by atoms with Crippen molar-refractivity contribution in [3.05, 3.63) is 47.3 Å². The average Bonchev–Trinajstić information content (AvgIpc) is 2.73. The molecule has 0 fully saturated rings. The Morgan fingerprint density at radius 3 is 2.78 bits per heavy atom. The molecule has 1 aromatic heterocycles. The fourth-order valence-corrected chi connectivity index (χ4v) is 1.83. The van der Waals surface area contributed by atoms with Crippen LogP contribution in [0.15, 0.2) is 30.6 Å². The van der Waals surface area contributed by atoms with E-state index in [2.05, 4.69) is 11.2 Å². The van der Waals surface area contributed by atoms with Crippen LogP contribution in [-0.4, -0.2) is 9.78 Å². The summed E-state index contributed by atoms with van der Waals surface area (Å²) in [5, 5.41) is 4.11. The molecule has 1 unspecified atom stereocenters. The van der Waals surface area contributed by atoms with Crippen LogP contribution in [0.1, 0.15) is 29.7 Å². The summed E-state index contributed by atoms with van der Waals surface area (Å²) in [5.74, 6) is 0.892. The molecule has 2 aromatic rings. The zero-order valence-corrected chi connectivity index (χ0v) is 11.1. The number of nitrogens with zero attached hydrogens (tertiary/aromatic N) is 2. The molecular weight excluding hydrogens is 226 g/mol. The SMILES string of the molecule is Cc1cc(C(C)N)ccc1OCc1cnn(C)c1. The number of hydrogen-bond donors (Lipinski definition) is 1. The molecule has 0 saturated carbocycles. The molecule has 0 aliphatic carbocycles. The summed E-state index contributed by atoms with van der Waals surface area (Å²) in [5.41, 5.74) is 9.14. The minimum Gasteiger partial charge on any atom is -0.489 e. The Morgan fingerprint density at radius 1 is 1.44 bits per heavy atom. The summed E-state index contributed by atoms with van der Waals surface area (Å²) in [6.07, 6.45) is 3.76. The van der Waals surface area contributed by atoms with Crippen LogP contribution in [0.2, 0.25) is 0 Å². The smallest absolute Gasteiger partial charge is 0.122 e. The first kappa shape index (κ1) is 12.6. The summed E-state index contributed by atoms with van der Waals surface area (Å²) in [6, 6.07) is 6.11. The second-order valence-corrected chi connectivity index (χ2v) is 4.62. The van der Waals surface area contributed by atoms with Crippen molar-refractivity contribution in [2.45, 2.75) is 26.5 Å². The molecule has 4 nitrogen and oxygen atoms in total. The molecule has 0 saturated heterocycles. The normalized spacial score (nSPS) is 12.4. The average molecular weight is 245 g/mol. The minimum absolute atomic E-state index is 0.0519. The molecule has 0 spiro atoms. The maximum absolute atomic E-state index is 5.85. The van der Waals surface area contributed by atoms with Gasteiger partial charge < -0.3 is 10.5 Å². The molecule has 1 aromatic carbocycles. The van der Waals surface area contributed by atoms with Gasteiger partial charge in [0.05, 0.1) is 6.20 Å². The molecule has 1 heterocycles. The molecule has 0 aliphatic rings. The van der Waals surface area contributed by atoms with E-state index >= 15 is 0 Å². The van der Waals surface area contributed by atoms with Gasteiger partial charge in [-0.1, -0.05) is 12.1 Å². The lowest BCUT2D eigenvalue weighted by Crippen LogP contribution is -2.05. The molecule has 1 atom stereocenters. The van der Waals surface area contributed by atoms with E-state index in [0.29, 0.717) is 6.61 Å². The van der Waals surface area contributed by atoms with Crippen molar-refractivity contribution in [1.82, 2.24) is 9.78 Å². The standard InChI is InChI=1S/C14H19N3O/c1-10-6-13(11(2)15)4-5-14(10)18-9-12-7-16-17(3)8-12/h4-8,11H,9,15H2,1-3H3. The van der Waals surface area contributed by atoms with Crippen molar-refractivity contribution >= 4 is 0 Å². The Kier molecular flexibility index (Phi) is 3.67. The van der Waals surface area contributed by atoms with Crippen molar-refractivity contribution in [3.8, 4) is 5.75 Å². The van der Waals surface area contributed by atoms with Crippen molar-refractivity contribution in [2.75, 3.05) is 0 Å². The third-order valence-corrected chi connectivity index (χ3v) is 2.88. The number of ether oxygens (including phenoxy) is 1. The summed E-state index contributed by atoms with van der Waals surface area (Å²) in [6.45, 7) is 4.54. The fourth-order valence-electron chi connectivity index (χ4n) is 1.83. The van der Waals surface area contributed by atoms with E-state index in [1.165, 1.54) is 0 Å². The topological polar surface area (TPSA) is 53.1 Å². The summed E-state index contributed by atoms with van der Waals surface area (Å²) in [4.78, 5) is 0. The van der Waals surface area contributed by atoms with Crippen molar-refractivity contribution in [1.29, 1.82) is 0 Å². The maximum atomic E-state index is 5.85. The number of nitrogens with two attached hydrogens (primary N) is 1. The van der Waals surface area contributed by atoms with E-state index in [9.17, 15) is 0 Å². The Hall–Kier alpha value is -1.81. The first-order valence-corrected chi connectivity index (χ1v) is 6.02. The highest BCUT2D eigenvalue weighted by molar-refractivity contribution is 5.37. The van der Waals surface area contributed by atoms with Crippen molar-refractivity contribution in [2.24, 2.45) is 12.8 Å². The summed E-state index contributed by atoms with van der Waals surface area (Å²) >= 11 is 0. The largest absolute Gasteiger partial charge is 0.489 e. The van der Waals surface area contributed by atoms with Gasteiger partial charge in [-0.3, -0.25) is 4.68 Å². The Bertz CT molecular complexity index is 532. The third kappa shape index (κ3) is 2.90. The van der Waals surface area contributed by atoms with Crippen LogP contribution in [0.3, 0.4) is 0 Å². The first-order valence-electron chi connectivity index (χ1n) is 6.02. The highest BCUT2D eigenvalue weighted by atomic mass is 16.5. The van der Waals surface area contributed by atoms with Crippen LogP contribution in [-0.2, 0) is 13.7 Å². The van der Waals surface area contributed by atoms with Crippen LogP contribution < -0.4 is 10.5 Å². The molecule has 0 radical (unpaired) electrons. The van der Waals surface area contributed by atoms with Gasteiger partial charge in [-0.25, -0.2) is 0 Å². The molecule has 4 heteroatoms. The molecule has 0 amide bonds. The fraction of sp³-hybridized carbons (Fsp3) is 0.357. The van der Waals surface area contributed by atoms with Crippen LogP contribution in [0, 0.1) is 6.92 Å². The Balaban J connectivity index is 2.05. The molecule has 0 aliphatic heterocycles. The molecule has 0 bridgehead atoms. The van der Waals surface area contributed by atoms with Gasteiger partial charge in [-0.15, -0.1) is 0 Å². The number of benzene rings is 1. The van der Waals surface area contributed by atoms with Gasteiger partial charge in [-0.2, -0.15) is 5.10 Å². The van der Waals surface area contributed by atoms with Gasteiger partial charge in [-0.05, 0) is 31.0 Å². The van der Waals surface area contributed by atoms with E-state index in [1.807, 2.05) is 45.4 Å². The van der Waals surface area contributed by atoms with Gasteiger partial charge in [0.1, 0.15) is 12.4 Å². The van der Waals surface area contributed by atoms with E-state index in [-0.39, 0.29) is 6.04 Å². The number of aryl methyl sites for hydroxylation is 2. The number of rotatable bonds is 4. The molecule has 2 N–H and O–H groups in total. The first-order chi connectivity index (χ1) is 8.56. The number of hydrogen-bond acceptors (Lipinski definition) is 3. The van der Waals surface area contributed by atoms with E-state index < -0.39 is 0 Å². The highest BCUT2D eigenvalue weighted by Crippen LogP contribution is 2.22. The van der Waals surface area contributed by atoms with Gasteiger partial charge in [0.25, 0.3) is 0 Å². The Morgan fingerprint density at radius 2 is 2.22 bits per heavy atom. The predicted molar refractivity (Wildman–Crippen MR) is 71.3 cm³/mol. The van der Waals surface area contributed by atoms with Gasteiger partial charge in [0.15, 0.2) is 0 Å². The second kappa shape index (κ2) is 5.23. The molecular formula is C14H19N3O. The third-order valence-electron chi connectivity index (χ3n) is 2.88. The molecule has 2 rings (SSSR count). The van der Waals surface area contributed by atoms with Crippen molar-refractivity contribution < 1.29 is 4.74 Å². The minimum atomic E-state index is 0.0519. The summed E-state index contributed by atoms with van der Waals surface area (Å²) < 4.78 is 7.55. The molecule has 18 heavy (non-hydrogen) atoms. The lowest BCUT2D eigenvalue weighted by molar-refractivity contribution is 0.304. The zero-order chi connectivity index (χ0) is 13.1. The van der Waals surface area contributed by atoms with Gasteiger partial charge >= 0.3 is 0 Å². The van der Waals surface area contributed by atoms with E-state index in [4.69, 9.17) is 10.5 Å². The second-order valence-electron chi connectivity index (χ2n) is 4.62. The van der Waals surface area contributed by atoms with Gasteiger partial charge in [0, 0.05) is 24.8 Å². The van der Waals surface area contributed by atoms with Gasteiger partial charge in [0.2, 0.25) is 0 Å². The van der Waals surface area contributed by atoms with Crippen LogP contribution in [0.25, 0.3) is 0 Å². The molecule has 96 valence electrons. The van der Waals surface area contributed by atoms with Crippen LogP contribution in [0.5, 0.6) is 5.75 Å². The lowest BCUT2D eigenvalue weighted by Gasteiger charge is -2.11. The predicted octanol–water partition coefficient (Wildman–Crippen LogP) is 2.33. The summed E-state index contributed by atoms with van der Waals surface area (Å²) in [7, 11) is 1.90. The monoisotopic (exact) mass is 245 g/mol. The van der Waals surface area contributed by atoms with Crippen LogP contribution >= 0.6 is 0 Å². The highest BCUT2D eigenvalue weighted by Gasteiger charge is 2.05. The zero-order valence-electron chi connectivity index (χ0n) is 11.1. The van der Waals surface area contributed by atoms with E-state index in [1.54, 1.807) is 4.68 Å².